The second-order valence-corrected chi connectivity index (χ2v) is 8.46. The van der Waals surface area contributed by atoms with Gasteiger partial charge in [-0.25, -0.2) is 0 Å². The van der Waals surface area contributed by atoms with E-state index >= 15 is 0 Å². The van der Waals surface area contributed by atoms with Crippen molar-refractivity contribution < 1.29 is 0 Å². The van der Waals surface area contributed by atoms with Gasteiger partial charge in [-0.1, -0.05) is 24.3 Å². The molecule has 2 aromatic rings. The molecule has 28 heavy (non-hydrogen) atoms. The van der Waals surface area contributed by atoms with Crippen molar-refractivity contribution >= 4 is 48.3 Å². The summed E-state index contributed by atoms with van der Waals surface area (Å²) in [4.78, 5) is 6.67. The average Bonchev–Trinajstić information content (AvgIpc) is 2.72. The molecule has 4 nitrogen and oxygen atoms in total. The van der Waals surface area contributed by atoms with Crippen LogP contribution in [0.4, 0.5) is 11.4 Å². The fourth-order valence-electron chi connectivity index (χ4n) is 3.28. The fraction of sp³-hybridized carbons (Fsp3) is 0.318. The smallest absolute Gasteiger partial charge is 0.0998 e. The van der Waals surface area contributed by atoms with E-state index in [-0.39, 0.29) is 4.71 Å². The van der Waals surface area contributed by atoms with E-state index in [1.165, 1.54) is 5.69 Å². The van der Waals surface area contributed by atoms with Crippen LogP contribution in [0.15, 0.2) is 48.5 Å². The van der Waals surface area contributed by atoms with Crippen LogP contribution in [0.3, 0.4) is 0 Å². The molecule has 2 aromatic carbocycles. The Hall–Kier alpha value is -2.07. The van der Waals surface area contributed by atoms with E-state index in [1.807, 2.05) is 49.3 Å². The molecule has 1 fully saturated rings. The van der Waals surface area contributed by atoms with Crippen molar-refractivity contribution in [1.29, 1.82) is 5.26 Å². The van der Waals surface area contributed by atoms with Crippen molar-refractivity contribution in [3.63, 3.8) is 0 Å². The lowest BCUT2D eigenvalue weighted by Crippen LogP contribution is -2.47. The van der Waals surface area contributed by atoms with Gasteiger partial charge in [-0.2, -0.15) is 5.26 Å². The molecule has 0 N–H and O–H groups in total. The lowest BCUT2D eigenvalue weighted by atomic mass is 10.0. The summed E-state index contributed by atoms with van der Waals surface area (Å²) in [5.41, 5.74) is 4.95. The van der Waals surface area contributed by atoms with Gasteiger partial charge in [0.15, 0.2) is 0 Å². The molecule has 146 valence electrons. The standard InChI is InChI=1S/C22H26N4S2/c1-24(2)20-9-5-18(6-10-20)19(16-23)15-17-3-7-21(8-4-17)25-11-13-26(14-12-25)22(27)28/h3-10,15,22,27-28H,11-14H2,1-2H3/b19-15+. The number of piperazine rings is 1. The predicted molar refractivity (Wildman–Crippen MR) is 126 cm³/mol. The van der Waals surface area contributed by atoms with Crippen LogP contribution in [0.5, 0.6) is 0 Å². The molecule has 1 saturated heterocycles. The zero-order chi connectivity index (χ0) is 20.1. The third-order valence-electron chi connectivity index (χ3n) is 5.03. The Morgan fingerprint density at radius 1 is 1.00 bits per heavy atom. The highest BCUT2D eigenvalue weighted by Gasteiger charge is 2.19. The normalized spacial score (nSPS) is 15.6. The summed E-state index contributed by atoms with van der Waals surface area (Å²) in [6.07, 6.45) is 1.94. The summed E-state index contributed by atoms with van der Waals surface area (Å²) in [6, 6.07) is 18.8. The Kier molecular flexibility index (Phi) is 6.95. The number of hydrogen-bond acceptors (Lipinski definition) is 6. The molecular formula is C22H26N4S2. The molecule has 6 heteroatoms. The lowest BCUT2D eigenvalue weighted by Gasteiger charge is -2.37. The number of allylic oxidation sites excluding steroid dienone is 1. The van der Waals surface area contributed by atoms with Crippen LogP contribution in [0.25, 0.3) is 11.6 Å². The van der Waals surface area contributed by atoms with Crippen molar-refractivity contribution in [3.8, 4) is 6.07 Å². The predicted octanol–water partition coefficient (Wildman–Crippen LogP) is 4.08. The maximum Gasteiger partial charge on any atom is 0.0998 e. The second kappa shape index (κ2) is 9.42. The first-order chi connectivity index (χ1) is 13.5. The summed E-state index contributed by atoms with van der Waals surface area (Å²) in [6.45, 7) is 3.85. The van der Waals surface area contributed by atoms with E-state index in [4.69, 9.17) is 0 Å². The Bertz CT molecular complexity index is 844. The number of rotatable bonds is 5. The molecule has 1 heterocycles. The van der Waals surface area contributed by atoms with Gasteiger partial charge in [0.1, 0.15) is 0 Å². The highest BCUT2D eigenvalue weighted by molar-refractivity contribution is 7.99. The molecule has 0 saturated carbocycles. The SMILES string of the molecule is CN(C)c1ccc(/C(C#N)=C/c2ccc(N3CCN(C(S)S)CC3)cc2)cc1. The summed E-state index contributed by atoms with van der Waals surface area (Å²) in [5.74, 6) is 0. The number of nitrogens with zero attached hydrogens (tertiary/aromatic N) is 4. The maximum atomic E-state index is 9.59. The van der Waals surface area contributed by atoms with Gasteiger partial charge in [0.25, 0.3) is 0 Å². The van der Waals surface area contributed by atoms with E-state index in [0.29, 0.717) is 5.57 Å². The van der Waals surface area contributed by atoms with Crippen LogP contribution in [0.2, 0.25) is 0 Å². The number of anilines is 2. The summed E-state index contributed by atoms with van der Waals surface area (Å²) < 4.78 is 0.00542. The van der Waals surface area contributed by atoms with Gasteiger partial charge in [0, 0.05) is 51.6 Å². The van der Waals surface area contributed by atoms with Crippen LogP contribution >= 0.6 is 25.3 Å². The highest BCUT2D eigenvalue weighted by Crippen LogP contribution is 2.23. The van der Waals surface area contributed by atoms with Gasteiger partial charge in [0.05, 0.1) is 16.3 Å². The molecule has 3 rings (SSSR count). The van der Waals surface area contributed by atoms with Crippen molar-refractivity contribution in [2.45, 2.75) is 4.71 Å². The van der Waals surface area contributed by atoms with Crippen LogP contribution < -0.4 is 9.80 Å². The molecule has 0 radical (unpaired) electrons. The van der Waals surface area contributed by atoms with Gasteiger partial charge in [-0.05, 0) is 41.5 Å². The molecule has 0 aliphatic carbocycles. The number of thiol groups is 2. The van der Waals surface area contributed by atoms with Gasteiger partial charge in [-0.3, -0.25) is 4.90 Å². The summed E-state index contributed by atoms with van der Waals surface area (Å²) >= 11 is 8.79. The Morgan fingerprint density at radius 2 is 1.61 bits per heavy atom. The van der Waals surface area contributed by atoms with Crippen LogP contribution in [-0.2, 0) is 0 Å². The summed E-state index contributed by atoms with van der Waals surface area (Å²) in [5, 5.41) is 9.59. The Labute approximate surface area is 178 Å². The van der Waals surface area contributed by atoms with Gasteiger partial charge < -0.3 is 9.80 Å². The van der Waals surface area contributed by atoms with Crippen molar-refractivity contribution in [1.82, 2.24) is 4.90 Å². The van der Waals surface area contributed by atoms with E-state index in [2.05, 4.69) is 65.4 Å². The van der Waals surface area contributed by atoms with E-state index in [0.717, 1.165) is 43.0 Å². The lowest BCUT2D eigenvalue weighted by molar-refractivity contribution is 0.287. The summed E-state index contributed by atoms with van der Waals surface area (Å²) in [7, 11) is 4.01. The van der Waals surface area contributed by atoms with Crippen LogP contribution in [0.1, 0.15) is 11.1 Å². The zero-order valence-corrected chi connectivity index (χ0v) is 18.1. The molecular weight excluding hydrogens is 384 g/mol. The minimum atomic E-state index is 0.00542. The van der Waals surface area contributed by atoms with Gasteiger partial charge >= 0.3 is 0 Å². The van der Waals surface area contributed by atoms with Gasteiger partial charge in [0.2, 0.25) is 0 Å². The topological polar surface area (TPSA) is 33.5 Å². The van der Waals surface area contributed by atoms with Crippen LogP contribution in [-0.4, -0.2) is 49.9 Å². The number of hydrogen-bond donors (Lipinski definition) is 2. The van der Waals surface area contributed by atoms with E-state index in [1.54, 1.807) is 0 Å². The number of nitriles is 1. The Morgan fingerprint density at radius 3 is 2.11 bits per heavy atom. The third kappa shape index (κ3) is 5.05. The first-order valence-electron chi connectivity index (χ1n) is 9.32. The molecule has 0 aromatic heterocycles. The van der Waals surface area contributed by atoms with E-state index in [9.17, 15) is 5.26 Å². The van der Waals surface area contributed by atoms with Crippen LogP contribution in [0, 0.1) is 11.3 Å². The molecule has 1 aliphatic heterocycles. The first-order valence-corrected chi connectivity index (χ1v) is 10.4. The average molecular weight is 411 g/mol. The quantitative estimate of drug-likeness (QED) is 0.337. The molecule has 0 bridgehead atoms. The molecule has 0 atom stereocenters. The molecule has 0 unspecified atom stereocenters. The third-order valence-corrected chi connectivity index (χ3v) is 5.68. The molecule has 1 aliphatic rings. The fourth-order valence-corrected chi connectivity index (χ4v) is 3.74. The molecule has 0 spiro atoms. The Balaban J connectivity index is 1.71. The second-order valence-electron chi connectivity index (χ2n) is 7.07. The molecule has 0 amide bonds. The zero-order valence-electron chi connectivity index (χ0n) is 16.3. The first kappa shape index (κ1) is 20.7. The highest BCUT2D eigenvalue weighted by atomic mass is 32.2. The van der Waals surface area contributed by atoms with Crippen molar-refractivity contribution in [2.75, 3.05) is 50.1 Å². The van der Waals surface area contributed by atoms with Crippen molar-refractivity contribution in [2.24, 2.45) is 0 Å². The van der Waals surface area contributed by atoms with Gasteiger partial charge in [-0.15, -0.1) is 25.3 Å². The minimum absolute atomic E-state index is 0.00542. The van der Waals surface area contributed by atoms with E-state index < -0.39 is 0 Å². The monoisotopic (exact) mass is 410 g/mol. The number of benzene rings is 2. The largest absolute Gasteiger partial charge is 0.378 e. The maximum absolute atomic E-state index is 9.59. The van der Waals surface area contributed by atoms with Crippen molar-refractivity contribution in [3.05, 3.63) is 59.7 Å². The minimum Gasteiger partial charge on any atom is -0.378 e.